The minimum absolute atomic E-state index is 0.00878. The Labute approximate surface area is 140 Å². The molecule has 0 saturated carbocycles. The van der Waals surface area contributed by atoms with Crippen LogP contribution in [0.15, 0.2) is 48.8 Å². The number of anilines is 2. The van der Waals surface area contributed by atoms with E-state index in [1.165, 1.54) is 0 Å². The molecule has 1 aliphatic heterocycles. The molecule has 3 aromatic rings. The van der Waals surface area contributed by atoms with Gasteiger partial charge in [-0.15, -0.1) is 0 Å². The molecule has 2 aromatic heterocycles. The maximum absolute atomic E-state index is 12.9. The van der Waals surface area contributed by atoms with E-state index in [1.807, 2.05) is 55.1 Å². The molecule has 4 rings (SSSR count). The van der Waals surface area contributed by atoms with Crippen LogP contribution in [0.4, 0.5) is 16.2 Å². The lowest BCUT2D eigenvalue weighted by atomic mass is 10.1. The first-order valence-electron chi connectivity index (χ1n) is 8.00. The molecule has 2 amide bonds. The third-order valence-corrected chi connectivity index (χ3v) is 4.43. The molecule has 3 heterocycles. The number of rotatable bonds is 2. The summed E-state index contributed by atoms with van der Waals surface area (Å²) in [5, 5.41) is 1.04. The van der Waals surface area contributed by atoms with Crippen molar-refractivity contribution in [2.75, 3.05) is 22.9 Å². The van der Waals surface area contributed by atoms with Crippen LogP contribution in [-0.2, 0) is 0 Å². The summed E-state index contributed by atoms with van der Waals surface area (Å²) in [5.41, 5.74) is 4.78. The first kappa shape index (κ1) is 14.6. The highest BCUT2D eigenvalue weighted by atomic mass is 16.2. The van der Waals surface area contributed by atoms with Gasteiger partial charge in [-0.05, 0) is 49.7 Å². The number of aromatic nitrogens is 2. The van der Waals surface area contributed by atoms with E-state index in [9.17, 15) is 4.79 Å². The fourth-order valence-corrected chi connectivity index (χ4v) is 3.12. The van der Waals surface area contributed by atoms with Gasteiger partial charge in [-0.2, -0.15) is 0 Å². The lowest BCUT2D eigenvalue weighted by Gasteiger charge is -2.20. The number of pyridine rings is 2. The molecule has 120 valence electrons. The number of hydrogen-bond donors (Lipinski definition) is 0. The average Bonchev–Trinajstić information content (AvgIpc) is 2.96. The lowest BCUT2D eigenvalue weighted by molar-refractivity contribution is 0.256. The first-order valence-corrected chi connectivity index (χ1v) is 8.00. The number of hydrogen-bond acceptors (Lipinski definition) is 3. The van der Waals surface area contributed by atoms with Crippen molar-refractivity contribution in [1.29, 1.82) is 0 Å². The molecule has 1 aliphatic rings. The van der Waals surface area contributed by atoms with Gasteiger partial charge in [0.05, 0.1) is 17.4 Å². The van der Waals surface area contributed by atoms with E-state index in [0.29, 0.717) is 13.1 Å². The largest absolute Gasteiger partial charge is 0.329 e. The van der Waals surface area contributed by atoms with Crippen molar-refractivity contribution in [2.45, 2.75) is 13.8 Å². The molecule has 5 nitrogen and oxygen atoms in total. The van der Waals surface area contributed by atoms with Crippen LogP contribution in [0, 0.1) is 13.8 Å². The van der Waals surface area contributed by atoms with Gasteiger partial charge in [0, 0.05) is 36.1 Å². The second kappa shape index (κ2) is 5.60. The van der Waals surface area contributed by atoms with Crippen molar-refractivity contribution >= 4 is 28.3 Å². The van der Waals surface area contributed by atoms with Crippen molar-refractivity contribution in [1.82, 2.24) is 9.97 Å². The molecule has 0 atom stereocenters. The zero-order chi connectivity index (χ0) is 16.7. The Balaban J connectivity index is 1.67. The smallest absolute Gasteiger partial charge is 0.292 e. The molecule has 1 aromatic carbocycles. The van der Waals surface area contributed by atoms with Gasteiger partial charge in [-0.1, -0.05) is 6.07 Å². The SMILES string of the molecule is Cc1ccc2cc(N3CCN(c4cnccc4C)C3=O)ccc2n1. The van der Waals surface area contributed by atoms with Gasteiger partial charge < -0.3 is 0 Å². The molecule has 5 heteroatoms. The van der Waals surface area contributed by atoms with Crippen molar-refractivity contribution in [2.24, 2.45) is 0 Å². The summed E-state index contributed by atoms with van der Waals surface area (Å²) in [6, 6.07) is 11.9. The average molecular weight is 318 g/mol. The quantitative estimate of drug-likeness (QED) is 0.724. The molecule has 0 bridgehead atoms. The van der Waals surface area contributed by atoms with Crippen LogP contribution in [-0.4, -0.2) is 29.1 Å². The van der Waals surface area contributed by atoms with Crippen LogP contribution >= 0.6 is 0 Å². The zero-order valence-corrected chi connectivity index (χ0v) is 13.7. The van der Waals surface area contributed by atoms with Crippen LogP contribution in [0.25, 0.3) is 10.9 Å². The molecule has 0 unspecified atom stereocenters. The number of aryl methyl sites for hydroxylation is 2. The topological polar surface area (TPSA) is 49.3 Å². The van der Waals surface area contributed by atoms with E-state index >= 15 is 0 Å². The summed E-state index contributed by atoms with van der Waals surface area (Å²) < 4.78 is 0. The Hall–Kier alpha value is -2.95. The Morgan fingerprint density at radius 1 is 1.00 bits per heavy atom. The standard InChI is InChI=1S/C19H18N4O/c1-13-7-8-20-12-18(13)23-10-9-22(19(23)24)16-5-6-17-15(11-16)4-3-14(2)21-17/h3-8,11-12H,9-10H2,1-2H3. The van der Waals surface area contributed by atoms with E-state index in [0.717, 1.165) is 33.5 Å². The fourth-order valence-electron chi connectivity index (χ4n) is 3.12. The normalized spacial score (nSPS) is 14.7. The van der Waals surface area contributed by atoms with Gasteiger partial charge in [-0.3, -0.25) is 19.8 Å². The van der Waals surface area contributed by atoms with Crippen LogP contribution in [0.5, 0.6) is 0 Å². The van der Waals surface area contributed by atoms with E-state index in [4.69, 9.17) is 0 Å². The van der Waals surface area contributed by atoms with Crippen LogP contribution in [0.1, 0.15) is 11.3 Å². The maximum Gasteiger partial charge on any atom is 0.329 e. The van der Waals surface area contributed by atoms with Crippen LogP contribution in [0.3, 0.4) is 0 Å². The van der Waals surface area contributed by atoms with Gasteiger partial charge in [0.25, 0.3) is 0 Å². The highest BCUT2D eigenvalue weighted by Gasteiger charge is 2.31. The minimum atomic E-state index is -0.00878. The third kappa shape index (κ3) is 2.38. The van der Waals surface area contributed by atoms with Crippen molar-refractivity contribution < 1.29 is 4.79 Å². The van der Waals surface area contributed by atoms with Crippen molar-refractivity contribution in [3.05, 3.63) is 60.0 Å². The van der Waals surface area contributed by atoms with Gasteiger partial charge >= 0.3 is 6.03 Å². The van der Waals surface area contributed by atoms with Crippen molar-refractivity contribution in [3.8, 4) is 0 Å². The second-order valence-corrected chi connectivity index (χ2v) is 6.08. The summed E-state index contributed by atoms with van der Waals surface area (Å²) in [7, 11) is 0. The van der Waals surface area contributed by atoms with E-state index < -0.39 is 0 Å². The highest BCUT2D eigenvalue weighted by Crippen LogP contribution is 2.28. The Kier molecular flexibility index (Phi) is 3.41. The van der Waals surface area contributed by atoms with Crippen LogP contribution < -0.4 is 9.80 Å². The number of carbonyl (C=O) groups is 1. The maximum atomic E-state index is 12.9. The number of nitrogens with zero attached hydrogens (tertiary/aromatic N) is 4. The number of carbonyl (C=O) groups excluding carboxylic acids is 1. The van der Waals surface area contributed by atoms with E-state index in [1.54, 1.807) is 17.3 Å². The number of urea groups is 1. The third-order valence-electron chi connectivity index (χ3n) is 4.43. The van der Waals surface area contributed by atoms with Crippen molar-refractivity contribution in [3.63, 3.8) is 0 Å². The molecule has 1 fully saturated rings. The van der Waals surface area contributed by atoms with Crippen LogP contribution in [0.2, 0.25) is 0 Å². The number of amides is 2. The summed E-state index contributed by atoms with van der Waals surface area (Å²) in [5.74, 6) is 0. The predicted molar refractivity (Wildman–Crippen MR) is 95.5 cm³/mol. The van der Waals surface area contributed by atoms with Gasteiger partial charge in [-0.25, -0.2) is 4.79 Å². The monoisotopic (exact) mass is 318 g/mol. The molecule has 1 saturated heterocycles. The Morgan fingerprint density at radius 2 is 1.83 bits per heavy atom. The molecule has 0 N–H and O–H groups in total. The fraction of sp³-hybridized carbons (Fsp3) is 0.211. The number of fused-ring (bicyclic) bond motifs is 1. The molecular formula is C19H18N4O. The van der Waals surface area contributed by atoms with E-state index in [2.05, 4.69) is 9.97 Å². The molecule has 0 aliphatic carbocycles. The summed E-state index contributed by atoms with van der Waals surface area (Å²) in [4.78, 5) is 25.1. The van der Waals surface area contributed by atoms with Gasteiger partial charge in [0.1, 0.15) is 0 Å². The molecular weight excluding hydrogens is 300 g/mol. The minimum Gasteiger partial charge on any atom is -0.292 e. The van der Waals surface area contributed by atoms with Gasteiger partial charge in [0.15, 0.2) is 0 Å². The highest BCUT2D eigenvalue weighted by molar-refractivity contribution is 6.07. The summed E-state index contributed by atoms with van der Waals surface area (Å²) >= 11 is 0. The predicted octanol–water partition coefficient (Wildman–Crippen LogP) is 3.69. The summed E-state index contributed by atoms with van der Waals surface area (Å²) in [6.07, 6.45) is 3.50. The molecule has 24 heavy (non-hydrogen) atoms. The number of benzene rings is 1. The zero-order valence-electron chi connectivity index (χ0n) is 13.7. The molecule has 0 radical (unpaired) electrons. The van der Waals surface area contributed by atoms with E-state index in [-0.39, 0.29) is 6.03 Å². The lowest BCUT2D eigenvalue weighted by Crippen LogP contribution is -2.32. The Bertz CT molecular complexity index is 938. The molecule has 0 spiro atoms. The summed E-state index contributed by atoms with van der Waals surface area (Å²) in [6.45, 7) is 5.30. The Morgan fingerprint density at radius 3 is 2.67 bits per heavy atom. The van der Waals surface area contributed by atoms with Gasteiger partial charge in [0.2, 0.25) is 0 Å². The second-order valence-electron chi connectivity index (χ2n) is 6.08. The first-order chi connectivity index (χ1) is 11.6.